The molecule has 0 aliphatic carbocycles. The zero-order chi connectivity index (χ0) is 23.6. The monoisotopic (exact) mass is 476 g/mol. The highest BCUT2D eigenvalue weighted by molar-refractivity contribution is 8.02. The molecule has 0 aromatic rings. The number of carbonyl (C=O) groups is 3. The number of hydrogen-bond donors (Lipinski definition) is 1. The molecule has 0 saturated carbocycles. The lowest BCUT2D eigenvalue weighted by molar-refractivity contribution is -0.153. The Kier molecular flexibility index (Phi) is 7.53. The molecule has 0 aromatic carbocycles. The molecule has 2 saturated heterocycles. The van der Waals surface area contributed by atoms with E-state index < -0.39 is 28.7 Å². The molecule has 0 bridgehead atoms. The number of rotatable bonds is 6. The van der Waals surface area contributed by atoms with Crippen molar-refractivity contribution in [3.05, 3.63) is 24.3 Å². The van der Waals surface area contributed by atoms with E-state index in [0.29, 0.717) is 19.7 Å². The van der Waals surface area contributed by atoms with E-state index in [1.165, 1.54) is 0 Å². The zero-order valence-corrected chi connectivity index (χ0v) is 20.5. The first kappa shape index (κ1) is 24.3. The predicted octanol–water partition coefficient (Wildman–Crippen LogP) is 2.54. The van der Waals surface area contributed by atoms with Gasteiger partial charge in [-0.3, -0.25) is 14.4 Å². The molecule has 33 heavy (non-hydrogen) atoms. The lowest BCUT2D eigenvalue weighted by Gasteiger charge is -2.37. The highest BCUT2D eigenvalue weighted by atomic mass is 32.2. The highest BCUT2D eigenvalue weighted by Gasteiger charge is 2.71. The Morgan fingerprint density at radius 2 is 2.03 bits per heavy atom. The van der Waals surface area contributed by atoms with Gasteiger partial charge < -0.3 is 19.6 Å². The number of carbonyl (C=O) groups excluding carboxylic acids is 3. The third kappa shape index (κ3) is 4.25. The largest absolute Gasteiger partial charge is 0.465 e. The normalized spacial score (nSPS) is 36.0. The number of thioether (sulfide) groups is 1. The second kappa shape index (κ2) is 10.2. The zero-order valence-electron chi connectivity index (χ0n) is 19.7. The number of cyclic esters (lactones) is 1. The number of allylic oxidation sites excluding steroid dienone is 1. The minimum Gasteiger partial charge on any atom is -0.465 e. The molecule has 4 aliphatic rings. The fourth-order valence-electron chi connectivity index (χ4n) is 5.72. The predicted molar refractivity (Wildman–Crippen MR) is 127 cm³/mol. The number of hydrogen-bond acceptors (Lipinski definition) is 6. The van der Waals surface area contributed by atoms with Crippen molar-refractivity contribution in [2.24, 2.45) is 11.8 Å². The lowest BCUT2D eigenvalue weighted by atomic mass is 9.78. The molecule has 4 aliphatic heterocycles. The van der Waals surface area contributed by atoms with Crippen molar-refractivity contribution < 1.29 is 24.2 Å². The minimum atomic E-state index is -0.843. The molecular formula is C25H36N2O5S. The summed E-state index contributed by atoms with van der Waals surface area (Å²) in [4.78, 5) is 44.4. The first-order valence-corrected chi connectivity index (χ1v) is 13.2. The standard InChI is InChI=1S/C25H36N2O5S/c1-3-4-8-13-26-14-10-12-25-20(22(29)27(17(2)16-28)21(25)23(26)30)19-18(33-25)11-7-5-6-9-15-32-24(19)31/h7,10-12,17-21,28H,3-6,8-9,13-16H2,1-2H3/b11-7-/t17-,18-,19+,20+,21?,25+/m1/s1. The summed E-state index contributed by atoms with van der Waals surface area (Å²) in [5.41, 5.74) is 0. The maximum absolute atomic E-state index is 13.9. The molecule has 0 aromatic heterocycles. The van der Waals surface area contributed by atoms with Crippen LogP contribution in [0.25, 0.3) is 0 Å². The molecule has 4 rings (SSSR count). The van der Waals surface area contributed by atoms with Crippen molar-refractivity contribution in [1.82, 2.24) is 9.80 Å². The summed E-state index contributed by atoms with van der Waals surface area (Å²) in [6.07, 6.45) is 13.8. The third-order valence-electron chi connectivity index (χ3n) is 7.39. The average molecular weight is 477 g/mol. The molecule has 6 atom stereocenters. The Morgan fingerprint density at radius 1 is 1.21 bits per heavy atom. The fourth-order valence-corrected chi connectivity index (χ4v) is 7.71. The minimum absolute atomic E-state index is 0.0826. The van der Waals surface area contributed by atoms with Crippen LogP contribution in [0, 0.1) is 11.8 Å². The van der Waals surface area contributed by atoms with Crippen LogP contribution in [-0.4, -0.2) is 81.1 Å². The molecule has 1 unspecified atom stereocenters. The van der Waals surface area contributed by atoms with Crippen LogP contribution < -0.4 is 0 Å². The number of likely N-dealkylation sites (tertiary alicyclic amines) is 1. The Balaban J connectivity index is 1.76. The van der Waals surface area contributed by atoms with Gasteiger partial charge in [-0.25, -0.2) is 0 Å². The van der Waals surface area contributed by atoms with Gasteiger partial charge in [-0.1, -0.05) is 44.1 Å². The van der Waals surface area contributed by atoms with Crippen molar-refractivity contribution in [2.75, 3.05) is 26.3 Å². The number of nitrogens with zero attached hydrogens (tertiary/aromatic N) is 2. The van der Waals surface area contributed by atoms with Crippen molar-refractivity contribution in [1.29, 1.82) is 0 Å². The van der Waals surface area contributed by atoms with Gasteiger partial charge in [-0.2, -0.15) is 0 Å². The van der Waals surface area contributed by atoms with Crippen molar-refractivity contribution in [3.8, 4) is 0 Å². The van der Waals surface area contributed by atoms with E-state index >= 15 is 0 Å². The van der Waals surface area contributed by atoms with Gasteiger partial charge >= 0.3 is 5.97 Å². The van der Waals surface area contributed by atoms with Crippen molar-refractivity contribution >= 4 is 29.5 Å². The molecule has 1 N–H and O–H groups in total. The Labute approximate surface area is 200 Å². The molecule has 4 heterocycles. The van der Waals surface area contributed by atoms with E-state index in [1.807, 2.05) is 23.1 Å². The number of aliphatic hydroxyl groups excluding tert-OH is 1. The molecular weight excluding hydrogens is 440 g/mol. The van der Waals surface area contributed by atoms with Crippen LogP contribution in [0.1, 0.15) is 52.4 Å². The van der Waals surface area contributed by atoms with E-state index in [2.05, 4.69) is 13.0 Å². The summed E-state index contributed by atoms with van der Waals surface area (Å²) in [5.74, 6) is -1.98. The SMILES string of the molecule is CCCCCN1CC=C[C@]23S[C@@H]4/C=C\CCCCOC(=O)[C@@H]4[C@H]2C(=O)N([C@H](C)CO)C3C1=O. The van der Waals surface area contributed by atoms with E-state index in [0.717, 1.165) is 38.5 Å². The van der Waals surface area contributed by atoms with Crippen LogP contribution in [0.4, 0.5) is 0 Å². The fraction of sp³-hybridized carbons (Fsp3) is 0.720. The van der Waals surface area contributed by atoms with E-state index in [1.54, 1.807) is 23.6 Å². The number of ether oxygens (including phenoxy) is 1. The quantitative estimate of drug-likeness (QED) is 0.360. The van der Waals surface area contributed by atoms with Gasteiger partial charge in [0.05, 0.1) is 35.8 Å². The van der Waals surface area contributed by atoms with Crippen molar-refractivity contribution in [3.63, 3.8) is 0 Å². The lowest BCUT2D eigenvalue weighted by Crippen LogP contribution is -2.56. The van der Waals surface area contributed by atoms with Gasteiger partial charge in [0, 0.05) is 18.3 Å². The number of unbranched alkanes of at least 4 members (excludes halogenated alkanes) is 2. The number of aliphatic hydroxyl groups is 1. The second-order valence-corrected chi connectivity index (χ2v) is 11.1. The Bertz CT molecular complexity index is 830. The summed E-state index contributed by atoms with van der Waals surface area (Å²) in [6, 6.07) is -1.25. The Hall–Kier alpha value is -1.80. The van der Waals surface area contributed by atoms with Crippen LogP contribution in [0.2, 0.25) is 0 Å². The summed E-state index contributed by atoms with van der Waals surface area (Å²) in [5, 5.41) is 9.73. The number of esters is 1. The highest BCUT2D eigenvalue weighted by Crippen LogP contribution is 2.61. The van der Waals surface area contributed by atoms with Gasteiger partial charge in [0.25, 0.3) is 0 Å². The maximum atomic E-state index is 13.9. The second-order valence-electron chi connectivity index (χ2n) is 9.60. The van der Waals surface area contributed by atoms with Gasteiger partial charge in [-0.05, 0) is 32.6 Å². The van der Waals surface area contributed by atoms with Crippen LogP contribution >= 0.6 is 11.8 Å². The third-order valence-corrected chi connectivity index (χ3v) is 9.14. The van der Waals surface area contributed by atoms with E-state index in [-0.39, 0.29) is 29.6 Å². The van der Waals surface area contributed by atoms with Gasteiger partial charge in [0.2, 0.25) is 11.8 Å². The van der Waals surface area contributed by atoms with Gasteiger partial charge in [0.1, 0.15) is 6.04 Å². The van der Waals surface area contributed by atoms with Crippen molar-refractivity contribution in [2.45, 2.75) is 74.5 Å². The van der Waals surface area contributed by atoms with E-state index in [4.69, 9.17) is 4.74 Å². The summed E-state index contributed by atoms with van der Waals surface area (Å²) >= 11 is 1.56. The molecule has 0 radical (unpaired) electrons. The van der Waals surface area contributed by atoms with Crippen LogP contribution in [-0.2, 0) is 19.1 Å². The molecule has 1 spiro atoms. The summed E-state index contributed by atoms with van der Waals surface area (Å²) in [6.45, 7) is 5.16. The van der Waals surface area contributed by atoms with Crippen LogP contribution in [0.15, 0.2) is 24.3 Å². The number of fused-ring (bicyclic) bond motifs is 2. The van der Waals surface area contributed by atoms with Crippen LogP contribution in [0.3, 0.4) is 0 Å². The molecule has 182 valence electrons. The molecule has 2 fully saturated rings. The smallest absolute Gasteiger partial charge is 0.311 e. The van der Waals surface area contributed by atoms with E-state index in [9.17, 15) is 19.5 Å². The summed E-state index contributed by atoms with van der Waals surface area (Å²) in [7, 11) is 0. The topological polar surface area (TPSA) is 87.2 Å². The first-order valence-electron chi connectivity index (χ1n) is 12.4. The Morgan fingerprint density at radius 3 is 2.79 bits per heavy atom. The maximum Gasteiger partial charge on any atom is 0.311 e. The summed E-state index contributed by atoms with van der Waals surface area (Å²) < 4.78 is 4.76. The number of amides is 2. The molecule has 8 heteroatoms. The van der Waals surface area contributed by atoms with Gasteiger partial charge in [0.15, 0.2) is 0 Å². The molecule has 7 nitrogen and oxygen atoms in total. The average Bonchev–Trinajstić information content (AvgIpc) is 3.20. The van der Waals surface area contributed by atoms with Crippen LogP contribution in [0.5, 0.6) is 0 Å². The molecule has 2 amide bonds. The van der Waals surface area contributed by atoms with Gasteiger partial charge in [-0.15, -0.1) is 11.8 Å². The first-order chi connectivity index (χ1) is 16.0.